The van der Waals surface area contributed by atoms with Gasteiger partial charge in [0.05, 0.1) is 13.2 Å². The highest BCUT2D eigenvalue weighted by Crippen LogP contribution is 2.41. The fraction of sp³-hybridized carbons (Fsp3) is 1.00. The molecule has 2 unspecified atom stereocenters. The molecule has 0 aromatic carbocycles. The molecule has 2 atom stereocenters. The van der Waals surface area contributed by atoms with Crippen LogP contribution in [0.5, 0.6) is 0 Å². The van der Waals surface area contributed by atoms with Crippen LogP contribution < -0.4 is 5.32 Å². The molecule has 1 aliphatic heterocycles. The number of hydrogen-bond acceptors (Lipinski definition) is 4. The minimum Gasteiger partial charge on any atom is -0.385 e. The van der Waals surface area contributed by atoms with Gasteiger partial charge in [-0.3, -0.25) is 4.90 Å². The number of nitrogens with zero attached hydrogens (tertiary/aromatic N) is 1. The van der Waals surface area contributed by atoms with Crippen molar-refractivity contribution in [1.29, 1.82) is 0 Å². The Balaban J connectivity index is 2.14. The molecule has 4 heteroatoms. The summed E-state index contributed by atoms with van der Waals surface area (Å²) in [7, 11) is 1.81. The fourth-order valence-electron chi connectivity index (χ4n) is 4.43. The van der Waals surface area contributed by atoms with Crippen LogP contribution in [-0.2, 0) is 9.47 Å². The van der Waals surface area contributed by atoms with E-state index in [0.717, 1.165) is 45.9 Å². The van der Waals surface area contributed by atoms with E-state index in [1.54, 1.807) is 0 Å². The molecular weight excluding hydrogens is 264 g/mol. The zero-order valence-corrected chi connectivity index (χ0v) is 14.2. The molecule has 1 aliphatic carbocycles. The van der Waals surface area contributed by atoms with Gasteiger partial charge in [-0.25, -0.2) is 0 Å². The lowest BCUT2D eigenvalue weighted by molar-refractivity contribution is -0.0450. The molecule has 1 saturated heterocycles. The number of methoxy groups -OCH3 is 1. The van der Waals surface area contributed by atoms with Gasteiger partial charge in [0.25, 0.3) is 0 Å². The molecule has 1 saturated carbocycles. The Morgan fingerprint density at radius 2 is 1.90 bits per heavy atom. The van der Waals surface area contributed by atoms with Crippen LogP contribution in [0.3, 0.4) is 0 Å². The van der Waals surface area contributed by atoms with Crippen molar-refractivity contribution < 1.29 is 9.47 Å². The average Bonchev–Trinajstić information content (AvgIpc) is 3.01. The van der Waals surface area contributed by atoms with Gasteiger partial charge in [0, 0.05) is 38.4 Å². The fourth-order valence-corrected chi connectivity index (χ4v) is 4.43. The first-order chi connectivity index (χ1) is 10.2. The standard InChI is InChI=1S/C17H34N2O2/c1-4-18-16(15(2)7-12-20-3)17(8-5-6-9-17)19-10-13-21-14-11-19/h15-16,18H,4-14H2,1-3H3. The number of ether oxygens (including phenoxy) is 2. The molecule has 21 heavy (non-hydrogen) atoms. The maximum absolute atomic E-state index is 5.59. The summed E-state index contributed by atoms with van der Waals surface area (Å²) >= 11 is 0. The summed E-state index contributed by atoms with van der Waals surface area (Å²) in [6, 6.07) is 0.568. The molecule has 2 fully saturated rings. The Kier molecular flexibility index (Phi) is 6.93. The van der Waals surface area contributed by atoms with Gasteiger partial charge in [0.2, 0.25) is 0 Å². The lowest BCUT2D eigenvalue weighted by Gasteiger charge is -2.50. The minimum atomic E-state index is 0.340. The lowest BCUT2D eigenvalue weighted by Crippen LogP contribution is -2.64. The van der Waals surface area contributed by atoms with Crippen LogP contribution in [0.15, 0.2) is 0 Å². The van der Waals surface area contributed by atoms with Crippen molar-refractivity contribution in [3.63, 3.8) is 0 Å². The van der Waals surface area contributed by atoms with Crippen LogP contribution in [0.2, 0.25) is 0 Å². The quantitative estimate of drug-likeness (QED) is 0.745. The van der Waals surface area contributed by atoms with E-state index in [2.05, 4.69) is 24.1 Å². The smallest absolute Gasteiger partial charge is 0.0594 e. The van der Waals surface area contributed by atoms with Crippen molar-refractivity contribution in [2.24, 2.45) is 5.92 Å². The summed E-state index contributed by atoms with van der Waals surface area (Å²) in [6.07, 6.45) is 6.55. The van der Waals surface area contributed by atoms with Crippen molar-refractivity contribution in [2.45, 2.75) is 57.5 Å². The molecule has 0 bridgehead atoms. The molecule has 1 heterocycles. The largest absolute Gasteiger partial charge is 0.385 e. The normalized spacial score (nSPS) is 25.9. The number of morpholine rings is 1. The Bertz CT molecular complexity index is 287. The first-order valence-electron chi connectivity index (χ1n) is 8.79. The van der Waals surface area contributed by atoms with Gasteiger partial charge < -0.3 is 14.8 Å². The topological polar surface area (TPSA) is 33.7 Å². The van der Waals surface area contributed by atoms with E-state index in [9.17, 15) is 0 Å². The molecule has 0 aromatic heterocycles. The van der Waals surface area contributed by atoms with E-state index in [0.29, 0.717) is 17.5 Å². The van der Waals surface area contributed by atoms with Crippen LogP contribution in [0.4, 0.5) is 0 Å². The van der Waals surface area contributed by atoms with E-state index in [1.165, 1.54) is 25.7 Å². The monoisotopic (exact) mass is 298 g/mol. The van der Waals surface area contributed by atoms with Crippen molar-refractivity contribution in [3.8, 4) is 0 Å². The van der Waals surface area contributed by atoms with Crippen molar-refractivity contribution >= 4 is 0 Å². The number of likely N-dealkylation sites (N-methyl/N-ethyl adjacent to an activating group) is 1. The molecule has 0 radical (unpaired) electrons. The molecule has 2 aliphatic rings. The number of rotatable bonds is 8. The van der Waals surface area contributed by atoms with Crippen molar-refractivity contribution in [3.05, 3.63) is 0 Å². The van der Waals surface area contributed by atoms with Crippen LogP contribution in [0, 0.1) is 5.92 Å². The number of hydrogen-bond donors (Lipinski definition) is 1. The highest BCUT2D eigenvalue weighted by Gasteiger charge is 2.47. The zero-order chi connectivity index (χ0) is 15.1. The van der Waals surface area contributed by atoms with Crippen LogP contribution in [0.25, 0.3) is 0 Å². The first kappa shape index (κ1) is 17.2. The molecular formula is C17H34N2O2. The van der Waals surface area contributed by atoms with Gasteiger partial charge >= 0.3 is 0 Å². The summed E-state index contributed by atoms with van der Waals surface area (Å²) in [4.78, 5) is 2.74. The van der Waals surface area contributed by atoms with E-state index >= 15 is 0 Å². The second-order valence-corrected chi connectivity index (χ2v) is 6.70. The van der Waals surface area contributed by atoms with E-state index in [4.69, 9.17) is 9.47 Å². The van der Waals surface area contributed by atoms with Gasteiger partial charge in [-0.05, 0) is 31.7 Å². The van der Waals surface area contributed by atoms with Gasteiger partial charge in [-0.2, -0.15) is 0 Å². The third-order valence-corrected chi connectivity index (χ3v) is 5.46. The van der Waals surface area contributed by atoms with Gasteiger partial charge in [0.1, 0.15) is 0 Å². The van der Waals surface area contributed by atoms with Crippen molar-refractivity contribution in [2.75, 3.05) is 46.6 Å². The van der Waals surface area contributed by atoms with E-state index in [-0.39, 0.29) is 0 Å². The Morgan fingerprint density at radius 1 is 1.24 bits per heavy atom. The zero-order valence-electron chi connectivity index (χ0n) is 14.2. The summed E-state index contributed by atoms with van der Waals surface area (Å²) in [5.41, 5.74) is 0.340. The third kappa shape index (κ3) is 3.98. The first-order valence-corrected chi connectivity index (χ1v) is 8.79. The maximum Gasteiger partial charge on any atom is 0.0594 e. The molecule has 2 rings (SSSR count). The highest BCUT2D eigenvalue weighted by atomic mass is 16.5. The molecule has 0 aromatic rings. The minimum absolute atomic E-state index is 0.340. The second kappa shape index (κ2) is 8.47. The van der Waals surface area contributed by atoms with Crippen LogP contribution >= 0.6 is 0 Å². The molecule has 1 N–H and O–H groups in total. The van der Waals surface area contributed by atoms with Gasteiger partial charge in [-0.1, -0.05) is 26.7 Å². The maximum atomic E-state index is 5.59. The SMILES string of the molecule is CCNC(C(C)CCOC)C1(N2CCOCC2)CCCC1. The average molecular weight is 298 g/mol. The Morgan fingerprint density at radius 3 is 2.48 bits per heavy atom. The third-order valence-electron chi connectivity index (χ3n) is 5.46. The second-order valence-electron chi connectivity index (χ2n) is 6.70. The van der Waals surface area contributed by atoms with Gasteiger partial charge in [0.15, 0.2) is 0 Å². The Labute approximate surface area is 130 Å². The summed E-state index contributed by atoms with van der Waals surface area (Å²) in [5, 5.41) is 3.83. The summed E-state index contributed by atoms with van der Waals surface area (Å²) < 4.78 is 10.9. The van der Waals surface area contributed by atoms with Crippen LogP contribution in [0.1, 0.15) is 46.0 Å². The molecule has 0 amide bonds. The molecule has 124 valence electrons. The number of nitrogens with one attached hydrogen (secondary N) is 1. The predicted molar refractivity (Wildman–Crippen MR) is 86.7 cm³/mol. The summed E-state index contributed by atoms with van der Waals surface area (Å²) in [6.45, 7) is 10.5. The summed E-state index contributed by atoms with van der Waals surface area (Å²) in [5.74, 6) is 0.644. The predicted octanol–water partition coefficient (Wildman–Crippen LogP) is 2.28. The van der Waals surface area contributed by atoms with Crippen molar-refractivity contribution in [1.82, 2.24) is 10.2 Å². The van der Waals surface area contributed by atoms with Crippen LogP contribution in [-0.4, -0.2) is 63.0 Å². The molecule has 4 nitrogen and oxygen atoms in total. The highest BCUT2D eigenvalue weighted by molar-refractivity contribution is 5.05. The van der Waals surface area contributed by atoms with E-state index in [1.807, 2.05) is 7.11 Å². The van der Waals surface area contributed by atoms with Gasteiger partial charge in [-0.15, -0.1) is 0 Å². The van der Waals surface area contributed by atoms with E-state index < -0.39 is 0 Å². The Hall–Kier alpha value is -0.160. The molecule has 0 spiro atoms. The lowest BCUT2D eigenvalue weighted by atomic mass is 9.78.